The van der Waals surface area contributed by atoms with Crippen molar-refractivity contribution in [2.45, 2.75) is 65.5 Å². The Kier molecular flexibility index (Phi) is 6.23. The number of carboxylic acid groups (broad SMARTS) is 1. The number of imidazole rings is 1. The minimum Gasteiger partial charge on any atom is -0.478 e. The summed E-state index contributed by atoms with van der Waals surface area (Å²) >= 11 is 0. The number of unbranched alkanes of at least 4 members (excludes halogenated alkanes) is 1. The summed E-state index contributed by atoms with van der Waals surface area (Å²) in [5.74, 6) is 0.110. The summed E-state index contributed by atoms with van der Waals surface area (Å²) in [6, 6.07) is 1.97. The highest BCUT2D eigenvalue weighted by atomic mass is 16.4. The van der Waals surface area contributed by atoms with E-state index in [1.54, 1.807) is 0 Å². The molecule has 5 nitrogen and oxygen atoms in total. The van der Waals surface area contributed by atoms with E-state index >= 15 is 0 Å². The average molecular weight is 278 g/mol. The fourth-order valence-electron chi connectivity index (χ4n) is 2.39. The van der Waals surface area contributed by atoms with Crippen LogP contribution in [0.3, 0.4) is 0 Å². The Morgan fingerprint density at radius 2 is 2.15 bits per heavy atom. The normalized spacial score (nSPS) is 12.1. The molecule has 0 aliphatic heterocycles. The van der Waals surface area contributed by atoms with E-state index in [4.69, 9.17) is 10.4 Å². The van der Waals surface area contributed by atoms with E-state index in [0.29, 0.717) is 0 Å². The van der Waals surface area contributed by atoms with Crippen molar-refractivity contribution in [2.75, 3.05) is 0 Å². The molecular formula is C15H24N3O2+. The zero-order chi connectivity index (χ0) is 15.1. The van der Waals surface area contributed by atoms with Gasteiger partial charge in [0.2, 0.25) is 0 Å². The van der Waals surface area contributed by atoms with Gasteiger partial charge in [0.25, 0.3) is 5.82 Å². The first kappa shape index (κ1) is 16.2. The summed E-state index contributed by atoms with van der Waals surface area (Å²) in [4.78, 5) is 11.1. The highest BCUT2D eigenvalue weighted by Gasteiger charge is 2.26. The number of hydrogen-bond acceptors (Lipinski definition) is 2. The Balaban J connectivity index is 3.28. The molecule has 1 heterocycles. The van der Waals surface area contributed by atoms with E-state index in [-0.39, 0.29) is 12.6 Å². The van der Waals surface area contributed by atoms with Gasteiger partial charge >= 0.3 is 5.97 Å². The lowest BCUT2D eigenvalue weighted by Crippen LogP contribution is -2.40. The second-order valence-corrected chi connectivity index (χ2v) is 5.08. The maximum absolute atomic E-state index is 11.1. The fraction of sp³-hybridized carbons (Fsp3) is 0.667. The molecule has 1 aromatic rings. The smallest absolute Gasteiger partial charge is 0.346 e. The van der Waals surface area contributed by atoms with Crippen molar-refractivity contribution < 1.29 is 14.5 Å². The monoisotopic (exact) mass is 278 g/mol. The third-order valence-corrected chi connectivity index (χ3v) is 3.40. The van der Waals surface area contributed by atoms with Gasteiger partial charge in [-0.15, -0.1) is 0 Å². The Bertz CT molecular complexity index is 500. The number of hydrogen-bond donors (Lipinski definition) is 1. The summed E-state index contributed by atoms with van der Waals surface area (Å²) in [5.41, 5.74) is 1.00. The van der Waals surface area contributed by atoms with E-state index < -0.39 is 5.97 Å². The fourth-order valence-corrected chi connectivity index (χ4v) is 2.39. The van der Waals surface area contributed by atoms with Crippen LogP contribution in [0.5, 0.6) is 0 Å². The van der Waals surface area contributed by atoms with Crippen molar-refractivity contribution in [3.63, 3.8) is 0 Å². The SMILES string of the molecule is CCCCc1n(CC(=O)O)c(CCC)c[n+]1C(C)C#N. The van der Waals surface area contributed by atoms with E-state index in [1.807, 2.05) is 22.3 Å². The van der Waals surface area contributed by atoms with Crippen molar-refractivity contribution >= 4 is 5.97 Å². The molecule has 0 aromatic carbocycles. The standard InChI is InChI=1S/C15H23N3O2/c1-4-6-8-14-17(12(3)9-16)10-13(7-5-2)18(14)11-15(19)20/h10,12H,4-8,11H2,1-3H3/p+1. The second kappa shape index (κ2) is 7.68. The maximum Gasteiger partial charge on any atom is 0.346 e. The molecule has 1 atom stereocenters. The number of nitriles is 1. The van der Waals surface area contributed by atoms with Crippen LogP contribution in [0.25, 0.3) is 0 Å². The predicted octanol–water partition coefficient (Wildman–Crippen LogP) is 2.24. The number of rotatable bonds is 8. The lowest BCUT2D eigenvalue weighted by Gasteiger charge is -2.05. The van der Waals surface area contributed by atoms with Crippen molar-refractivity contribution in [3.8, 4) is 6.07 Å². The first-order chi connectivity index (χ1) is 9.54. The molecule has 0 fully saturated rings. The lowest BCUT2D eigenvalue weighted by molar-refractivity contribution is -0.713. The third kappa shape index (κ3) is 3.83. The van der Waals surface area contributed by atoms with E-state index in [0.717, 1.165) is 43.6 Å². The summed E-state index contributed by atoms with van der Waals surface area (Å²) in [6.07, 6.45) is 6.58. The Labute approximate surface area is 120 Å². The van der Waals surface area contributed by atoms with Crippen molar-refractivity contribution in [1.29, 1.82) is 5.26 Å². The molecule has 0 aliphatic rings. The third-order valence-electron chi connectivity index (χ3n) is 3.40. The molecule has 110 valence electrons. The van der Waals surface area contributed by atoms with Crippen LogP contribution in [0.1, 0.15) is 57.6 Å². The van der Waals surface area contributed by atoms with Crippen molar-refractivity contribution in [2.24, 2.45) is 0 Å². The van der Waals surface area contributed by atoms with Crippen LogP contribution < -0.4 is 4.57 Å². The zero-order valence-corrected chi connectivity index (χ0v) is 12.6. The molecule has 1 unspecified atom stereocenters. The molecule has 0 aliphatic carbocycles. The Morgan fingerprint density at radius 3 is 2.65 bits per heavy atom. The quantitative estimate of drug-likeness (QED) is 0.741. The number of carboxylic acids is 1. The molecule has 1 aromatic heterocycles. The second-order valence-electron chi connectivity index (χ2n) is 5.08. The highest BCUT2D eigenvalue weighted by Crippen LogP contribution is 2.12. The first-order valence-electron chi connectivity index (χ1n) is 7.28. The summed E-state index contributed by atoms with van der Waals surface area (Å²) in [5, 5.41) is 18.3. The minimum absolute atomic E-state index is 0.0282. The van der Waals surface area contributed by atoms with Crippen molar-refractivity contribution in [1.82, 2.24) is 4.57 Å². The number of aromatic nitrogens is 2. The molecular weight excluding hydrogens is 254 g/mol. The van der Waals surface area contributed by atoms with Crippen LogP contribution in [0.2, 0.25) is 0 Å². The highest BCUT2D eigenvalue weighted by molar-refractivity contribution is 5.66. The molecule has 1 N–H and O–H groups in total. The minimum atomic E-state index is -0.840. The van der Waals surface area contributed by atoms with Crippen LogP contribution in [0.4, 0.5) is 0 Å². The van der Waals surface area contributed by atoms with Gasteiger partial charge in [-0.25, -0.2) is 13.9 Å². The number of aliphatic carboxylic acids is 1. The largest absolute Gasteiger partial charge is 0.478 e. The van der Waals surface area contributed by atoms with Crippen LogP contribution in [-0.4, -0.2) is 15.6 Å². The van der Waals surface area contributed by atoms with Crippen LogP contribution in [0, 0.1) is 11.3 Å². The van der Waals surface area contributed by atoms with Gasteiger partial charge in [-0.2, -0.15) is 5.26 Å². The van der Waals surface area contributed by atoms with Crippen LogP contribution in [0.15, 0.2) is 6.20 Å². The van der Waals surface area contributed by atoms with E-state index in [9.17, 15) is 4.79 Å². The molecule has 0 radical (unpaired) electrons. The van der Waals surface area contributed by atoms with Gasteiger partial charge in [-0.1, -0.05) is 20.3 Å². The summed E-state index contributed by atoms with van der Waals surface area (Å²) < 4.78 is 3.80. The van der Waals surface area contributed by atoms with Gasteiger partial charge in [-0.3, -0.25) is 0 Å². The van der Waals surface area contributed by atoms with Gasteiger partial charge in [-0.05, 0) is 19.8 Å². The number of nitrogens with zero attached hydrogens (tertiary/aromatic N) is 3. The average Bonchev–Trinajstić information content (AvgIpc) is 2.74. The van der Waals surface area contributed by atoms with Gasteiger partial charge < -0.3 is 5.11 Å². The molecule has 0 saturated carbocycles. The topological polar surface area (TPSA) is 69.9 Å². The molecule has 1 rings (SSSR count). The number of aryl methyl sites for hydroxylation is 1. The van der Waals surface area contributed by atoms with E-state index in [2.05, 4.69) is 19.9 Å². The van der Waals surface area contributed by atoms with Crippen molar-refractivity contribution in [3.05, 3.63) is 17.7 Å². The van der Waals surface area contributed by atoms with Gasteiger partial charge in [0.05, 0.1) is 0 Å². The first-order valence-corrected chi connectivity index (χ1v) is 7.28. The zero-order valence-electron chi connectivity index (χ0n) is 12.6. The van der Waals surface area contributed by atoms with E-state index in [1.165, 1.54) is 0 Å². The summed E-state index contributed by atoms with van der Waals surface area (Å²) in [7, 11) is 0. The van der Waals surface area contributed by atoms with Crippen LogP contribution in [-0.2, 0) is 24.2 Å². The molecule has 0 spiro atoms. The molecule has 20 heavy (non-hydrogen) atoms. The van der Waals surface area contributed by atoms with Gasteiger partial charge in [0, 0.05) is 12.8 Å². The molecule has 5 heteroatoms. The molecule has 0 amide bonds. The lowest BCUT2D eigenvalue weighted by atomic mass is 10.2. The maximum atomic E-state index is 11.1. The Hall–Kier alpha value is -1.83. The Morgan fingerprint density at radius 1 is 1.45 bits per heavy atom. The molecule has 0 bridgehead atoms. The van der Waals surface area contributed by atoms with Crippen LogP contribution >= 0.6 is 0 Å². The molecule has 0 saturated heterocycles. The van der Waals surface area contributed by atoms with Gasteiger partial charge in [0.15, 0.2) is 12.6 Å². The summed E-state index contributed by atoms with van der Waals surface area (Å²) in [6.45, 7) is 5.99. The predicted molar refractivity (Wildman–Crippen MR) is 75.2 cm³/mol. The van der Waals surface area contributed by atoms with Gasteiger partial charge in [0.1, 0.15) is 18.0 Å². The number of carbonyl (C=O) groups is 1.